The minimum atomic E-state index is -0.247. The molecule has 3 heteroatoms. The van der Waals surface area contributed by atoms with Crippen LogP contribution >= 0.6 is 0 Å². The second-order valence-electron chi connectivity index (χ2n) is 3.10. The van der Waals surface area contributed by atoms with Crippen LogP contribution in [0.3, 0.4) is 0 Å². The molecular formula is C7H13NO2. The van der Waals surface area contributed by atoms with Crippen LogP contribution in [0.25, 0.3) is 0 Å². The van der Waals surface area contributed by atoms with E-state index < -0.39 is 0 Å². The van der Waals surface area contributed by atoms with Gasteiger partial charge in [0, 0.05) is 5.54 Å². The van der Waals surface area contributed by atoms with Gasteiger partial charge in [-0.25, -0.2) is 0 Å². The third-order valence-electron chi connectivity index (χ3n) is 1.26. The minimum absolute atomic E-state index is 0.174. The highest BCUT2D eigenvalue weighted by Crippen LogP contribution is 2.08. The highest BCUT2D eigenvalue weighted by atomic mass is 16.1. The van der Waals surface area contributed by atoms with E-state index in [0.29, 0.717) is 6.41 Å². The lowest BCUT2D eigenvalue weighted by atomic mass is 10.1. The number of aldehydes is 1. The van der Waals surface area contributed by atoms with Crippen molar-refractivity contribution in [3.63, 3.8) is 0 Å². The molecule has 0 aromatic carbocycles. The Hall–Kier alpha value is -0.860. The van der Waals surface area contributed by atoms with E-state index in [1.807, 2.05) is 20.8 Å². The monoisotopic (exact) mass is 143 g/mol. The predicted octanol–water partition coefficient (Wildman–Crippen LogP) is 0.442. The predicted molar refractivity (Wildman–Crippen MR) is 38.6 cm³/mol. The third kappa shape index (κ3) is 2.62. The van der Waals surface area contributed by atoms with Crippen LogP contribution in [0.4, 0.5) is 0 Å². The highest BCUT2D eigenvalue weighted by molar-refractivity contribution is 5.60. The maximum Gasteiger partial charge on any atom is 0.210 e. The molecule has 0 aliphatic heterocycles. The Morgan fingerprint density at radius 3 is 1.90 bits per heavy atom. The van der Waals surface area contributed by atoms with Crippen molar-refractivity contribution in [3.8, 4) is 0 Å². The van der Waals surface area contributed by atoms with E-state index in [9.17, 15) is 9.59 Å². The van der Waals surface area contributed by atoms with Gasteiger partial charge in [-0.15, -0.1) is 0 Å². The minimum Gasteiger partial charge on any atom is -0.333 e. The molecule has 0 spiro atoms. The molecule has 0 unspecified atom stereocenters. The fourth-order valence-electron chi connectivity index (χ4n) is 0.555. The summed E-state index contributed by atoms with van der Waals surface area (Å²) in [5.74, 6) is 0. The third-order valence-corrected chi connectivity index (χ3v) is 1.26. The lowest BCUT2D eigenvalue weighted by Gasteiger charge is -2.30. The molecule has 0 rings (SSSR count). The van der Waals surface area contributed by atoms with Gasteiger partial charge in [0.2, 0.25) is 6.41 Å². The first-order chi connectivity index (χ1) is 4.52. The van der Waals surface area contributed by atoms with Crippen molar-refractivity contribution >= 4 is 12.7 Å². The Morgan fingerprint density at radius 1 is 1.30 bits per heavy atom. The van der Waals surface area contributed by atoms with E-state index in [-0.39, 0.29) is 12.1 Å². The molecule has 0 radical (unpaired) electrons. The number of hydrogen-bond acceptors (Lipinski definition) is 2. The molecule has 0 aliphatic rings. The smallest absolute Gasteiger partial charge is 0.210 e. The van der Waals surface area contributed by atoms with Crippen LogP contribution in [0, 0.1) is 0 Å². The van der Waals surface area contributed by atoms with Crippen molar-refractivity contribution < 1.29 is 9.59 Å². The fourth-order valence-corrected chi connectivity index (χ4v) is 0.555. The van der Waals surface area contributed by atoms with Gasteiger partial charge < -0.3 is 9.69 Å². The van der Waals surface area contributed by atoms with E-state index in [4.69, 9.17) is 0 Å². The summed E-state index contributed by atoms with van der Waals surface area (Å²) >= 11 is 0. The highest BCUT2D eigenvalue weighted by Gasteiger charge is 2.17. The largest absolute Gasteiger partial charge is 0.333 e. The van der Waals surface area contributed by atoms with E-state index in [1.165, 1.54) is 4.90 Å². The molecular weight excluding hydrogens is 130 g/mol. The SMILES string of the molecule is CC(C)(C)N(C=O)CC=O. The van der Waals surface area contributed by atoms with Gasteiger partial charge >= 0.3 is 0 Å². The molecule has 0 heterocycles. The molecule has 10 heavy (non-hydrogen) atoms. The van der Waals surface area contributed by atoms with E-state index >= 15 is 0 Å². The number of nitrogens with zero attached hydrogens (tertiary/aromatic N) is 1. The summed E-state index contributed by atoms with van der Waals surface area (Å²) in [6.45, 7) is 5.81. The van der Waals surface area contributed by atoms with Crippen LogP contribution in [0.2, 0.25) is 0 Å². The quantitative estimate of drug-likeness (QED) is 0.538. The molecule has 58 valence electrons. The summed E-state index contributed by atoms with van der Waals surface area (Å²) in [5, 5.41) is 0. The first-order valence-corrected chi connectivity index (χ1v) is 3.18. The molecule has 1 amide bonds. The molecule has 0 bridgehead atoms. The molecule has 0 aromatic rings. The molecule has 0 aromatic heterocycles. The number of hydrogen-bond donors (Lipinski definition) is 0. The average molecular weight is 143 g/mol. The van der Waals surface area contributed by atoms with E-state index in [0.717, 1.165) is 6.29 Å². The topological polar surface area (TPSA) is 37.4 Å². The standard InChI is InChI=1S/C7H13NO2/c1-7(2,3)8(6-10)4-5-9/h5-6H,4H2,1-3H3. The van der Waals surface area contributed by atoms with E-state index in [2.05, 4.69) is 0 Å². The van der Waals surface area contributed by atoms with Gasteiger partial charge in [0.25, 0.3) is 0 Å². The maximum absolute atomic E-state index is 10.3. The van der Waals surface area contributed by atoms with Crippen molar-refractivity contribution in [3.05, 3.63) is 0 Å². The molecule has 0 aliphatic carbocycles. The van der Waals surface area contributed by atoms with Crippen LogP contribution in [0.5, 0.6) is 0 Å². The zero-order chi connectivity index (χ0) is 8.20. The van der Waals surface area contributed by atoms with Crippen LogP contribution in [-0.4, -0.2) is 29.7 Å². The Balaban J connectivity index is 4.05. The maximum atomic E-state index is 10.3. The number of amides is 1. The first-order valence-electron chi connectivity index (χ1n) is 3.18. The summed E-state index contributed by atoms with van der Waals surface area (Å²) in [7, 11) is 0. The zero-order valence-electron chi connectivity index (χ0n) is 6.63. The van der Waals surface area contributed by atoms with Gasteiger partial charge in [-0.3, -0.25) is 4.79 Å². The van der Waals surface area contributed by atoms with Crippen LogP contribution < -0.4 is 0 Å². The fraction of sp³-hybridized carbons (Fsp3) is 0.714. The first kappa shape index (κ1) is 9.14. The van der Waals surface area contributed by atoms with Crippen molar-refractivity contribution in [1.82, 2.24) is 4.90 Å². The second kappa shape index (κ2) is 3.34. The Labute approximate surface area is 61.0 Å². The van der Waals surface area contributed by atoms with Crippen molar-refractivity contribution in [2.75, 3.05) is 6.54 Å². The molecule has 0 saturated heterocycles. The molecule has 0 N–H and O–H groups in total. The Morgan fingerprint density at radius 2 is 1.80 bits per heavy atom. The summed E-state index contributed by atoms with van der Waals surface area (Å²) < 4.78 is 0. The van der Waals surface area contributed by atoms with Gasteiger partial charge in [0.15, 0.2) is 0 Å². The Kier molecular flexibility index (Phi) is 3.06. The summed E-state index contributed by atoms with van der Waals surface area (Å²) in [6.07, 6.45) is 1.41. The van der Waals surface area contributed by atoms with Gasteiger partial charge in [-0.2, -0.15) is 0 Å². The zero-order valence-corrected chi connectivity index (χ0v) is 6.63. The summed E-state index contributed by atoms with van der Waals surface area (Å²) in [5.41, 5.74) is -0.247. The number of rotatable bonds is 3. The normalized spacial score (nSPS) is 10.7. The van der Waals surface area contributed by atoms with Crippen molar-refractivity contribution in [2.45, 2.75) is 26.3 Å². The lowest BCUT2D eigenvalue weighted by Crippen LogP contribution is -2.41. The van der Waals surface area contributed by atoms with Crippen LogP contribution in [0.15, 0.2) is 0 Å². The summed E-state index contributed by atoms with van der Waals surface area (Å²) in [6, 6.07) is 0. The van der Waals surface area contributed by atoms with Gasteiger partial charge in [-0.05, 0) is 20.8 Å². The Bertz CT molecular complexity index is 126. The van der Waals surface area contributed by atoms with Crippen LogP contribution in [0.1, 0.15) is 20.8 Å². The molecule has 0 fully saturated rings. The van der Waals surface area contributed by atoms with Crippen LogP contribution in [-0.2, 0) is 9.59 Å². The summed E-state index contributed by atoms with van der Waals surface area (Å²) in [4.78, 5) is 21.8. The number of carbonyl (C=O) groups is 2. The molecule has 3 nitrogen and oxygen atoms in total. The van der Waals surface area contributed by atoms with Gasteiger partial charge in [0.05, 0.1) is 6.54 Å². The van der Waals surface area contributed by atoms with Gasteiger partial charge in [-0.1, -0.05) is 0 Å². The molecule has 0 saturated carbocycles. The average Bonchev–Trinajstić information content (AvgIpc) is 1.80. The van der Waals surface area contributed by atoms with E-state index in [1.54, 1.807) is 0 Å². The van der Waals surface area contributed by atoms with Crippen molar-refractivity contribution in [2.24, 2.45) is 0 Å². The van der Waals surface area contributed by atoms with Gasteiger partial charge in [0.1, 0.15) is 6.29 Å². The number of carbonyl (C=O) groups excluding carboxylic acids is 2. The molecule has 0 atom stereocenters. The lowest BCUT2D eigenvalue weighted by molar-refractivity contribution is -0.125. The van der Waals surface area contributed by atoms with Crippen molar-refractivity contribution in [1.29, 1.82) is 0 Å². The second-order valence-corrected chi connectivity index (χ2v) is 3.10.